The quantitative estimate of drug-likeness (QED) is 0.652. The van der Waals surface area contributed by atoms with Gasteiger partial charge in [-0.05, 0) is 57.9 Å². The second-order valence-electron chi connectivity index (χ2n) is 5.25. The Kier molecular flexibility index (Phi) is 5.05. The minimum absolute atomic E-state index is 0.206. The summed E-state index contributed by atoms with van der Waals surface area (Å²) in [6.07, 6.45) is 3.51. The molecule has 1 atom stereocenters. The van der Waals surface area contributed by atoms with Crippen molar-refractivity contribution in [1.29, 1.82) is 0 Å². The van der Waals surface area contributed by atoms with Crippen LogP contribution < -0.4 is 5.32 Å². The summed E-state index contributed by atoms with van der Waals surface area (Å²) in [4.78, 5) is 16.8. The molecule has 0 aliphatic rings. The molecule has 1 N–H and O–H groups in total. The van der Waals surface area contributed by atoms with Crippen molar-refractivity contribution >= 4 is 27.5 Å². The number of halogens is 2. The van der Waals surface area contributed by atoms with Crippen LogP contribution in [-0.4, -0.2) is 10.9 Å². The zero-order valence-corrected chi connectivity index (χ0v) is 14.2. The largest absolute Gasteiger partial charge is 0.469 e. The third-order valence-electron chi connectivity index (χ3n) is 3.57. The summed E-state index contributed by atoms with van der Waals surface area (Å²) in [5.41, 5.74) is 1.31. The summed E-state index contributed by atoms with van der Waals surface area (Å²) in [6.45, 7) is 0. The normalized spacial score (nSPS) is 11.9. The molecule has 24 heavy (non-hydrogen) atoms. The van der Waals surface area contributed by atoms with E-state index in [2.05, 4.69) is 26.2 Å². The standard InChI is InChI=1S/C18H14BrFN2O2/c19-17-8-7-14(11-21-17)22-18(23)16(10-15-2-1-9-24-15)12-3-5-13(20)6-4-12/h1-9,11,16H,10H2,(H,22,23). The Bertz CT molecular complexity index is 802. The first-order valence-electron chi connectivity index (χ1n) is 7.32. The molecular weight excluding hydrogens is 375 g/mol. The van der Waals surface area contributed by atoms with Gasteiger partial charge < -0.3 is 9.73 Å². The Morgan fingerprint density at radius 2 is 2.00 bits per heavy atom. The van der Waals surface area contributed by atoms with Gasteiger partial charge in [0, 0.05) is 6.42 Å². The molecule has 0 saturated carbocycles. The fourth-order valence-electron chi connectivity index (χ4n) is 2.37. The van der Waals surface area contributed by atoms with E-state index in [0.717, 1.165) is 5.56 Å². The molecule has 2 aromatic heterocycles. The number of carbonyl (C=O) groups excluding carboxylic acids is 1. The highest BCUT2D eigenvalue weighted by Gasteiger charge is 2.22. The Hall–Kier alpha value is -2.47. The average Bonchev–Trinajstić information content (AvgIpc) is 3.09. The number of rotatable bonds is 5. The van der Waals surface area contributed by atoms with Gasteiger partial charge in [-0.2, -0.15) is 0 Å². The smallest absolute Gasteiger partial charge is 0.232 e. The fourth-order valence-corrected chi connectivity index (χ4v) is 2.60. The zero-order valence-electron chi connectivity index (χ0n) is 12.6. The minimum atomic E-state index is -0.500. The molecule has 6 heteroatoms. The van der Waals surface area contributed by atoms with Crippen molar-refractivity contribution in [3.05, 3.63) is 82.7 Å². The fraction of sp³-hybridized carbons (Fsp3) is 0.111. The molecule has 0 bridgehead atoms. The predicted octanol–water partition coefficient (Wildman–Crippen LogP) is 4.54. The van der Waals surface area contributed by atoms with E-state index in [0.29, 0.717) is 22.5 Å². The number of nitrogens with zero attached hydrogens (tertiary/aromatic N) is 1. The second-order valence-corrected chi connectivity index (χ2v) is 6.06. The Morgan fingerprint density at radius 3 is 2.62 bits per heavy atom. The van der Waals surface area contributed by atoms with E-state index in [4.69, 9.17) is 4.42 Å². The summed E-state index contributed by atoms with van der Waals surface area (Å²) < 4.78 is 19.2. The monoisotopic (exact) mass is 388 g/mol. The molecule has 3 aromatic rings. The van der Waals surface area contributed by atoms with Crippen molar-refractivity contribution in [3.8, 4) is 0 Å². The number of hydrogen-bond acceptors (Lipinski definition) is 3. The van der Waals surface area contributed by atoms with Crippen LogP contribution in [0.15, 0.2) is 70.0 Å². The summed E-state index contributed by atoms with van der Waals surface area (Å²) in [5.74, 6) is -0.357. The molecule has 122 valence electrons. The number of nitrogens with one attached hydrogen (secondary N) is 1. The van der Waals surface area contributed by atoms with Gasteiger partial charge >= 0.3 is 0 Å². The summed E-state index contributed by atoms with van der Waals surface area (Å²) in [6, 6.07) is 13.0. The average molecular weight is 389 g/mol. The Morgan fingerprint density at radius 1 is 1.21 bits per heavy atom. The van der Waals surface area contributed by atoms with Crippen molar-refractivity contribution in [1.82, 2.24) is 4.98 Å². The molecule has 4 nitrogen and oxygen atoms in total. The van der Waals surface area contributed by atoms with Gasteiger partial charge in [0.25, 0.3) is 0 Å². The maximum atomic E-state index is 13.2. The first-order chi connectivity index (χ1) is 11.6. The minimum Gasteiger partial charge on any atom is -0.469 e. The molecule has 1 amide bonds. The molecule has 0 saturated heterocycles. The van der Waals surface area contributed by atoms with Crippen LogP contribution in [0, 0.1) is 5.82 Å². The number of hydrogen-bond donors (Lipinski definition) is 1. The molecule has 0 spiro atoms. The predicted molar refractivity (Wildman–Crippen MR) is 92.1 cm³/mol. The van der Waals surface area contributed by atoms with Crippen LogP contribution >= 0.6 is 15.9 Å². The van der Waals surface area contributed by atoms with Gasteiger partial charge in [-0.25, -0.2) is 9.37 Å². The molecule has 1 unspecified atom stereocenters. The van der Waals surface area contributed by atoms with Gasteiger partial charge in [-0.3, -0.25) is 4.79 Å². The molecule has 0 radical (unpaired) electrons. The van der Waals surface area contributed by atoms with Gasteiger partial charge in [0.15, 0.2) is 0 Å². The van der Waals surface area contributed by atoms with E-state index >= 15 is 0 Å². The van der Waals surface area contributed by atoms with Gasteiger partial charge in [0.1, 0.15) is 16.2 Å². The third-order valence-corrected chi connectivity index (χ3v) is 4.04. The number of furan rings is 1. The third kappa shape index (κ3) is 4.08. The first-order valence-corrected chi connectivity index (χ1v) is 8.11. The SMILES string of the molecule is O=C(Nc1ccc(Br)nc1)C(Cc1ccco1)c1ccc(F)cc1. The molecule has 2 heterocycles. The maximum absolute atomic E-state index is 13.2. The lowest BCUT2D eigenvalue weighted by molar-refractivity contribution is -0.117. The van der Waals surface area contributed by atoms with E-state index in [1.54, 1.807) is 42.8 Å². The highest BCUT2D eigenvalue weighted by atomic mass is 79.9. The lowest BCUT2D eigenvalue weighted by Crippen LogP contribution is -2.23. The summed E-state index contributed by atoms with van der Waals surface area (Å²) >= 11 is 3.25. The molecule has 0 aliphatic heterocycles. The summed E-state index contributed by atoms with van der Waals surface area (Å²) in [7, 11) is 0. The van der Waals surface area contributed by atoms with E-state index in [-0.39, 0.29) is 11.7 Å². The van der Waals surface area contributed by atoms with Crippen LogP contribution in [0.3, 0.4) is 0 Å². The van der Waals surface area contributed by atoms with Crippen LogP contribution in [0.5, 0.6) is 0 Å². The van der Waals surface area contributed by atoms with Gasteiger partial charge in [0.05, 0.1) is 24.1 Å². The number of aromatic nitrogens is 1. The second kappa shape index (κ2) is 7.40. The van der Waals surface area contributed by atoms with Crippen molar-refractivity contribution in [2.75, 3.05) is 5.32 Å². The molecular formula is C18H14BrFN2O2. The van der Waals surface area contributed by atoms with Crippen molar-refractivity contribution in [3.63, 3.8) is 0 Å². The number of benzene rings is 1. The number of carbonyl (C=O) groups is 1. The number of amides is 1. The molecule has 1 aromatic carbocycles. The van der Waals surface area contributed by atoms with Crippen LogP contribution in [0.25, 0.3) is 0 Å². The van der Waals surface area contributed by atoms with Crippen molar-refractivity contribution in [2.45, 2.75) is 12.3 Å². The highest BCUT2D eigenvalue weighted by molar-refractivity contribution is 9.10. The maximum Gasteiger partial charge on any atom is 0.232 e. The van der Waals surface area contributed by atoms with Crippen LogP contribution in [0.1, 0.15) is 17.2 Å². The molecule has 0 aliphatic carbocycles. The lowest BCUT2D eigenvalue weighted by atomic mass is 9.93. The van der Waals surface area contributed by atoms with Crippen molar-refractivity contribution in [2.24, 2.45) is 0 Å². The Balaban J connectivity index is 1.83. The highest BCUT2D eigenvalue weighted by Crippen LogP contribution is 2.24. The molecule has 3 rings (SSSR count). The van der Waals surface area contributed by atoms with Gasteiger partial charge in [-0.15, -0.1) is 0 Å². The van der Waals surface area contributed by atoms with E-state index in [1.165, 1.54) is 12.1 Å². The Labute approximate surface area is 146 Å². The van der Waals surface area contributed by atoms with E-state index in [9.17, 15) is 9.18 Å². The van der Waals surface area contributed by atoms with E-state index in [1.807, 2.05) is 6.07 Å². The number of anilines is 1. The molecule has 0 fully saturated rings. The zero-order chi connectivity index (χ0) is 16.9. The van der Waals surface area contributed by atoms with Crippen LogP contribution in [0.2, 0.25) is 0 Å². The van der Waals surface area contributed by atoms with Crippen LogP contribution in [0.4, 0.5) is 10.1 Å². The topological polar surface area (TPSA) is 55.1 Å². The van der Waals surface area contributed by atoms with Gasteiger partial charge in [0.2, 0.25) is 5.91 Å². The summed E-state index contributed by atoms with van der Waals surface area (Å²) in [5, 5.41) is 2.84. The van der Waals surface area contributed by atoms with Gasteiger partial charge in [-0.1, -0.05) is 12.1 Å². The van der Waals surface area contributed by atoms with Crippen molar-refractivity contribution < 1.29 is 13.6 Å². The number of pyridine rings is 1. The lowest BCUT2D eigenvalue weighted by Gasteiger charge is -2.16. The first kappa shape index (κ1) is 16.4. The van der Waals surface area contributed by atoms with Crippen LogP contribution in [-0.2, 0) is 11.2 Å². The van der Waals surface area contributed by atoms with E-state index < -0.39 is 5.92 Å².